The molecular weight excluding hydrogens is 496 g/mol. The second-order valence-electron chi connectivity index (χ2n) is 7.57. The number of carbonyl (C=O) groups excluding carboxylic acids is 1. The number of amides is 2. The van der Waals surface area contributed by atoms with Crippen LogP contribution in [-0.2, 0) is 0 Å². The SMILES string of the molecule is COc1ccc(-c2cc3cc(F)c(F)cc3[nH]2)cc1NC(=O)N(S)c1cc(C(=O)O)cc(C(=O)O)c1. The first kappa shape index (κ1) is 24.5. The van der Waals surface area contributed by atoms with Gasteiger partial charge >= 0.3 is 18.0 Å². The fraction of sp³-hybridized carbons (Fsp3) is 0.0417. The molecule has 4 aromatic rings. The van der Waals surface area contributed by atoms with Crippen molar-refractivity contribution in [3.63, 3.8) is 0 Å². The lowest BCUT2D eigenvalue weighted by Gasteiger charge is -2.19. The van der Waals surface area contributed by atoms with E-state index in [0.717, 1.165) is 34.6 Å². The van der Waals surface area contributed by atoms with Crippen LogP contribution < -0.4 is 14.4 Å². The molecular formula is C24H17F2N3O6S. The molecule has 184 valence electrons. The zero-order valence-corrected chi connectivity index (χ0v) is 19.3. The first-order valence-corrected chi connectivity index (χ1v) is 10.5. The number of nitrogens with zero attached hydrogens (tertiary/aromatic N) is 1. The van der Waals surface area contributed by atoms with Gasteiger partial charge in [0.1, 0.15) is 5.75 Å². The molecule has 4 rings (SSSR count). The maximum atomic E-state index is 13.6. The van der Waals surface area contributed by atoms with Gasteiger partial charge in [0.2, 0.25) is 0 Å². The number of ether oxygens (including phenoxy) is 1. The molecule has 0 bridgehead atoms. The van der Waals surface area contributed by atoms with E-state index in [1.165, 1.54) is 7.11 Å². The Morgan fingerprint density at radius 1 is 0.944 bits per heavy atom. The molecule has 0 aliphatic heterocycles. The average Bonchev–Trinajstić information content (AvgIpc) is 3.25. The number of carbonyl (C=O) groups is 3. The Morgan fingerprint density at radius 3 is 2.19 bits per heavy atom. The number of aromatic carboxylic acids is 2. The standard InChI is InChI=1S/C24H17F2N3O6S/c1-35-21-3-2-11(18-9-12-7-16(25)17(26)10-19(12)27-18)8-20(21)28-24(34)29(36)15-5-13(22(30)31)4-14(6-15)23(32)33/h2-10,27,36H,1H3,(H,28,34)(H,30,31)(H,32,33). The molecule has 0 unspecified atom stereocenters. The number of hydrogen-bond donors (Lipinski definition) is 5. The van der Waals surface area contributed by atoms with Crippen LogP contribution in [0.1, 0.15) is 20.7 Å². The van der Waals surface area contributed by atoms with Crippen LogP contribution in [0.25, 0.3) is 22.2 Å². The number of anilines is 2. The van der Waals surface area contributed by atoms with Gasteiger partial charge in [-0.15, -0.1) is 0 Å². The van der Waals surface area contributed by atoms with Crippen molar-refractivity contribution in [3.8, 4) is 17.0 Å². The Morgan fingerprint density at radius 2 is 1.58 bits per heavy atom. The second-order valence-corrected chi connectivity index (χ2v) is 7.97. The minimum absolute atomic E-state index is 0.0945. The maximum absolute atomic E-state index is 13.6. The van der Waals surface area contributed by atoms with Crippen LogP contribution in [0.3, 0.4) is 0 Å². The zero-order chi connectivity index (χ0) is 26.1. The number of halogens is 2. The number of nitrogens with one attached hydrogen (secondary N) is 2. The average molecular weight is 513 g/mol. The van der Waals surface area contributed by atoms with E-state index < -0.39 is 29.6 Å². The van der Waals surface area contributed by atoms with Crippen LogP contribution in [0.5, 0.6) is 5.75 Å². The zero-order valence-electron chi connectivity index (χ0n) is 18.4. The van der Waals surface area contributed by atoms with Crippen molar-refractivity contribution < 1.29 is 38.1 Å². The van der Waals surface area contributed by atoms with E-state index in [4.69, 9.17) is 4.74 Å². The van der Waals surface area contributed by atoms with Gasteiger partial charge < -0.3 is 25.3 Å². The lowest BCUT2D eigenvalue weighted by molar-refractivity contribution is 0.0696. The van der Waals surface area contributed by atoms with Gasteiger partial charge in [0, 0.05) is 28.2 Å². The first-order chi connectivity index (χ1) is 17.1. The van der Waals surface area contributed by atoms with E-state index in [1.807, 2.05) is 0 Å². The van der Waals surface area contributed by atoms with Gasteiger partial charge in [0.25, 0.3) is 0 Å². The molecule has 4 N–H and O–H groups in total. The molecule has 0 aliphatic carbocycles. The summed E-state index contributed by atoms with van der Waals surface area (Å²) >= 11 is 4.11. The number of carboxylic acid groups (broad SMARTS) is 2. The van der Waals surface area contributed by atoms with E-state index in [-0.39, 0.29) is 28.3 Å². The van der Waals surface area contributed by atoms with Gasteiger partial charge in [-0.2, -0.15) is 0 Å². The van der Waals surface area contributed by atoms with Crippen molar-refractivity contribution >= 4 is 53.1 Å². The summed E-state index contributed by atoms with van der Waals surface area (Å²) in [6, 6.07) is 10.8. The smallest absolute Gasteiger partial charge is 0.336 e. The highest BCUT2D eigenvalue weighted by atomic mass is 32.1. The van der Waals surface area contributed by atoms with Gasteiger partial charge in [-0.25, -0.2) is 27.5 Å². The number of carboxylic acids is 2. The highest BCUT2D eigenvalue weighted by Crippen LogP contribution is 2.33. The molecule has 0 aliphatic rings. The van der Waals surface area contributed by atoms with Crippen LogP contribution in [0.4, 0.5) is 25.0 Å². The van der Waals surface area contributed by atoms with Crippen LogP contribution in [0.15, 0.2) is 54.6 Å². The van der Waals surface area contributed by atoms with Crippen molar-refractivity contribution in [2.45, 2.75) is 0 Å². The molecule has 0 fully saturated rings. The van der Waals surface area contributed by atoms with Gasteiger partial charge in [-0.1, -0.05) is 12.8 Å². The van der Waals surface area contributed by atoms with Gasteiger partial charge in [0.05, 0.1) is 29.6 Å². The molecule has 2 amide bonds. The summed E-state index contributed by atoms with van der Waals surface area (Å²) in [4.78, 5) is 38.6. The van der Waals surface area contributed by atoms with Crippen LogP contribution in [0, 0.1) is 11.6 Å². The van der Waals surface area contributed by atoms with Crippen molar-refractivity contribution in [1.82, 2.24) is 4.98 Å². The predicted molar refractivity (Wildman–Crippen MR) is 131 cm³/mol. The highest BCUT2D eigenvalue weighted by Gasteiger charge is 2.20. The van der Waals surface area contributed by atoms with Crippen molar-refractivity contribution in [2.24, 2.45) is 0 Å². The Labute approximate surface area is 207 Å². The van der Waals surface area contributed by atoms with Gasteiger partial charge in [-0.3, -0.25) is 0 Å². The minimum atomic E-state index is -1.38. The Kier molecular flexibility index (Phi) is 6.53. The molecule has 12 heteroatoms. The van der Waals surface area contributed by atoms with Gasteiger partial charge in [0.15, 0.2) is 11.6 Å². The van der Waals surface area contributed by atoms with E-state index in [0.29, 0.717) is 22.2 Å². The molecule has 0 atom stereocenters. The lowest BCUT2D eigenvalue weighted by Crippen LogP contribution is -2.27. The third-order valence-corrected chi connectivity index (χ3v) is 5.67. The number of H-pyrrole nitrogens is 1. The van der Waals surface area contributed by atoms with Crippen molar-refractivity contribution in [2.75, 3.05) is 16.7 Å². The number of fused-ring (bicyclic) bond motifs is 1. The van der Waals surface area contributed by atoms with Gasteiger partial charge in [-0.05, 0) is 48.5 Å². The maximum Gasteiger partial charge on any atom is 0.336 e. The summed E-state index contributed by atoms with van der Waals surface area (Å²) in [7, 11) is 1.38. The second kappa shape index (κ2) is 9.58. The summed E-state index contributed by atoms with van der Waals surface area (Å²) in [5.74, 6) is -4.47. The fourth-order valence-electron chi connectivity index (χ4n) is 3.52. The number of urea groups is 1. The molecule has 3 aromatic carbocycles. The number of aromatic amines is 1. The third-order valence-electron chi connectivity index (χ3n) is 5.26. The number of benzene rings is 3. The van der Waals surface area contributed by atoms with Crippen LogP contribution in [0.2, 0.25) is 0 Å². The number of aromatic nitrogens is 1. The quantitative estimate of drug-likeness (QED) is 0.219. The molecule has 0 spiro atoms. The Bertz CT molecular complexity index is 1470. The Balaban J connectivity index is 1.66. The van der Waals surface area contributed by atoms with Crippen molar-refractivity contribution in [1.29, 1.82) is 0 Å². The molecule has 0 saturated heterocycles. The largest absolute Gasteiger partial charge is 0.495 e. The molecule has 0 saturated carbocycles. The molecule has 0 radical (unpaired) electrons. The monoisotopic (exact) mass is 513 g/mol. The summed E-state index contributed by atoms with van der Waals surface area (Å²) in [6.07, 6.45) is 0. The molecule has 1 heterocycles. The van der Waals surface area contributed by atoms with E-state index >= 15 is 0 Å². The lowest BCUT2D eigenvalue weighted by atomic mass is 10.1. The van der Waals surface area contributed by atoms with E-state index in [2.05, 4.69) is 23.1 Å². The summed E-state index contributed by atoms with van der Waals surface area (Å²) in [5.41, 5.74) is 0.849. The predicted octanol–water partition coefficient (Wildman–Crippen LogP) is 5.40. The van der Waals surface area contributed by atoms with Crippen LogP contribution >= 0.6 is 12.8 Å². The molecule has 36 heavy (non-hydrogen) atoms. The highest BCUT2D eigenvalue weighted by molar-refractivity contribution is 7.82. The number of hydrogen-bond acceptors (Lipinski definition) is 5. The summed E-state index contributed by atoms with van der Waals surface area (Å²) in [5, 5.41) is 21.5. The van der Waals surface area contributed by atoms with E-state index in [1.54, 1.807) is 24.3 Å². The summed E-state index contributed by atoms with van der Waals surface area (Å²) in [6.45, 7) is 0. The van der Waals surface area contributed by atoms with Crippen molar-refractivity contribution in [3.05, 3.63) is 77.4 Å². The number of thiol groups is 1. The minimum Gasteiger partial charge on any atom is -0.495 e. The fourth-order valence-corrected chi connectivity index (χ4v) is 3.69. The van der Waals surface area contributed by atoms with Crippen LogP contribution in [-0.4, -0.2) is 40.3 Å². The molecule has 9 nitrogen and oxygen atoms in total. The Hall–Kier alpha value is -4.58. The number of rotatable bonds is 6. The topological polar surface area (TPSA) is 132 Å². The third kappa shape index (κ3) is 4.79. The first-order valence-electron chi connectivity index (χ1n) is 10.1. The van der Waals surface area contributed by atoms with E-state index in [9.17, 15) is 33.4 Å². The molecule has 1 aromatic heterocycles. The normalized spacial score (nSPS) is 10.8. The summed E-state index contributed by atoms with van der Waals surface area (Å²) < 4.78 is 33.2. The number of methoxy groups -OCH3 is 1.